The summed E-state index contributed by atoms with van der Waals surface area (Å²) >= 11 is 0. The zero-order chi connectivity index (χ0) is 14.7. The molecule has 0 aliphatic rings. The smallest absolute Gasteiger partial charge is 0.305 e. The molecule has 0 aliphatic heterocycles. The van der Waals surface area contributed by atoms with Crippen molar-refractivity contribution in [2.24, 2.45) is 0 Å². The maximum absolute atomic E-state index is 10.8. The Morgan fingerprint density at radius 3 is 2.70 bits per heavy atom. The molecule has 1 aromatic carbocycles. The number of aryl methyl sites for hydroxylation is 1. The first-order chi connectivity index (χ1) is 9.49. The number of para-hydroxylation sites is 1. The topological polar surface area (TPSA) is 53.4 Å². The van der Waals surface area contributed by atoms with Gasteiger partial charge in [0.2, 0.25) is 0 Å². The molecule has 1 N–H and O–H groups in total. The van der Waals surface area contributed by atoms with E-state index in [2.05, 4.69) is 24.8 Å². The third kappa shape index (κ3) is 3.07. The molecule has 2 aromatic rings. The Balaban J connectivity index is 2.41. The van der Waals surface area contributed by atoms with Crippen LogP contribution in [0, 0.1) is 6.92 Å². The first kappa shape index (κ1) is 14.3. The highest BCUT2D eigenvalue weighted by molar-refractivity contribution is 5.81. The van der Waals surface area contributed by atoms with Crippen molar-refractivity contribution in [1.29, 1.82) is 0 Å². The summed E-state index contributed by atoms with van der Waals surface area (Å²) in [6, 6.07) is 10.3. The molecule has 0 atom stereocenters. The van der Waals surface area contributed by atoms with Gasteiger partial charge in [0.15, 0.2) is 0 Å². The van der Waals surface area contributed by atoms with Crippen LogP contribution in [-0.4, -0.2) is 28.6 Å². The average Bonchev–Trinajstić information content (AvgIpc) is 2.38. The minimum absolute atomic E-state index is 0.117. The van der Waals surface area contributed by atoms with Crippen LogP contribution in [0.25, 0.3) is 10.9 Å². The highest BCUT2D eigenvalue weighted by Gasteiger charge is 2.16. The van der Waals surface area contributed by atoms with Crippen LogP contribution in [0.1, 0.15) is 25.8 Å². The molecular weight excluding hydrogens is 252 g/mol. The second-order valence-electron chi connectivity index (χ2n) is 5.25. The fourth-order valence-electron chi connectivity index (χ4n) is 2.33. The van der Waals surface area contributed by atoms with Crippen molar-refractivity contribution < 1.29 is 9.90 Å². The molecule has 4 nitrogen and oxygen atoms in total. The number of hydrogen-bond acceptors (Lipinski definition) is 3. The van der Waals surface area contributed by atoms with Crippen LogP contribution in [0.15, 0.2) is 30.3 Å². The Bertz CT molecular complexity index is 623. The Hall–Kier alpha value is -2.10. The van der Waals surface area contributed by atoms with Gasteiger partial charge < -0.3 is 10.0 Å². The number of carboxylic acid groups (broad SMARTS) is 1. The molecular formula is C16H20N2O2. The highest BCUT2D eigenvalue weighted by Crippen LogP contribution is 2.24. The summed E-state index contributed by atoms with van der Waals surface area (Å²) in [5.74, 6) is 0.0917. The van der Waals surface area contributed by atoms with Gasteiger partial charge >= 0.3 is 5.97 Å². The molecule has 2 rings (SSSR count). The lowest BCUT2D eigenvalue weighted by Crippen LogP contribution is -2.34. The Morgan fingerprint density at radius 1 is 1.35 bits per heavy atom. The molecule has 20 heavy (non-hydrogen) atoms. The molecule has 0 aliphatic carbocycles. The second kappa shape index (κ2) is 5.90. The largest absolute Gasteiger partial charge is 0.481 e. The molecule has 106 valence electrons. The van der Waals surface area contributed by atoms with Crippen LogP contribution in [0.2, 0.25) is 0 Å². The third-order valence-electron chi connectivity index (χ3n) is 3.35. The van der Waals surface area contributed by atoms with Crippen LogP contribution in [0.3, 0.4) is 0 Å². The van der Waals surface area contributed by atoms with Crippen molar-refractivity contribution in [2.75, 3.05) is 11.4 Å². The van der Waals surface area contributed by atoms with Gasteiger partial charge in [-0.2, -0.15) is 0 Å². The third-order valence-corrected chi connectivity index (χ3v) is 3.35. The second-order valence-corrected chi connectivity index (χ2v) is 5.25. The van der Waals surface area contributed by atoms with Gasteiger partial charge in [-0.25, -0.2) is 4.98 Å². The van der Waals surface area contributed by atoms with E-state index in [0.717, 1.165) is 22.3 Å². The number of rotatable bonds is 5. The molecule has 1 heterocycles. The molecule has 0 fully saturated rings. The Kier molecular flexibility index (Phi) is 4.23. The van der Waals surface area contributed by atoms with E-state index in [1.165, 1.54) is 0 Å². The zero-order valence-electron chi connectivity index (χ0n) is 12.1. The molecule has 0 unspecified atom stereocenters. The average molecular weight is 272 g/mol. The van der Waals surface area contributed by atoms with Gasteiger partial charge in [-0.15, -0.1) is 0 Å². The van der Waals surface area contributed by atoms with Crippen molar-refractivity contribution in [3.63, 3.8) is 0 Å². The van der Waals surface area contributed by atoms with E-state index >= 15 is 0 Å². The number of carbonyl (C=O) groups is 1. The van der Waals surface area contributed by atoms with Crippen molar-refractivity contribution in [2.45, 2.75) is 33.2 Å². The van der Waals surface area contributed by atoms with Gasteiger partial charge in [0.25, 0.3) is 0 Å². The van der Waals surface area contributed by atoms with E-state index < -0.39 is 5.97 Å². The van der Waals surface area contributed by atoms with Gasteiger partial charge in [-0.1, -0.05) is 18.2 Å². The number of benzene rings is 1. The van der Waals surface area contributed by atoms with Crippen LogP contribution in [0.4, 0.5) is 5.82 Å². The van der Waals surface area contributed by atoms with Gasteiger partial charge in [-0.3, -0.25) is 4.79 Å². The minimum atomic E-state index is -0.783. The number of nitrogens with zero attached hydrogens (tertiary/aromatic N) is 2. The maximum Gasteiger partial charge on any atom is 0.305 e. The quantitative estimate of drug-likeness (QED) is 0.908. The SMILES string of the molecule is Cc1cc2ccccc2nc1N(CCC(=O)O)C(C)C. The molecule has 1 aromatic heterocycles. The summed E-state index contributed by atoms with van der Waals surface area (Å²) in [6.07, 6.45) is 0.117. The van der Waals surface area contributed by atoms with Gasteiger partial charge in [0.05, 0.1) is 11.9 Å². The van der Waals surface area contributed by atoms with Crippen molar-refractivity contribution in [3.05, 3.63) is 35.9 Å². The van der Waals surface area contributed by atoms with Gasteiger partial charge in [0.1, 0.15) is 5.82 Å². The standard InChI is InChI=1S/C16H20N2O2/c1-11(2)18(9-8-15(19)20)16-12(3)10-13-6-4-5-7-14(13)17-16/h4-7,10-11H,8-9H2,1-3H3,(H,19,20). The van der Waals surface area contributed by atoms with E-state index in [0.29, 0.717) is 6.54 Å². The fourth-order valence-corrected chi connectivity index (χ4v) is 2.33. The summed E-state index contributed by atoms with van der Waals surface area (Å²) in [5, 5.41) is 9.99. The molecule has 0 radical (unpaired) electrons. The zero-order valence-corrected chi connectivity index (χ0v) is 12.1. The summed E-state index contributed by atoms with van der Waals surface area (Å²) in [7, 11) is 0. The monoisotopic (exact) mass is 272 g/mol. The number of anilines is 1. The summed E-state index contributed by atoms with van der Waals surface area (Å²) in [4.78, 5) is 17.6. The molecule has 4 heteroatoms. The lowest BCUT2D eigenvalue weighted by molar-refractivity contribution is -0.136. The molecule has 0 amide bonds. The Labute approximate surface area is 119 Å². The van der Waals surface area contributed by atoms with Crippen LogP contribution < -0.4 is 4.90 Å². The fraction of sp³-hybridized carbons (Fsp3) is 0.375. The predicted octanol–water partition coefficient (Wildman–Crippen LogP) is 3.23. The molecule has 0 saturated carbocycles. The number of hydrogen-bond donors (Lipinski definition) is 1. The van der Waals surface area contributed by atoms with Crippen molar-refractivity contribution in [3.8, 4) is 0 Å². The van der Waals surface area contributed by atoms with Gasteiger partial charge in [-0.05, 0) is 38.5 Å². The maximum atomic E-state index is 10.8. The van der Waals surface area contributed by atoms with Gasteiger partial charge in [0, 0.05) is 18.0 Å². The predicted molar refractivity (Wildman–Crippen MR) is 81.2 cm³/mol. The Morgan fingerprint density at radius 2 is 2.05 bits per heavy atom. The van der Waals surface area contributed by atoms with Crippen LogP contribution in [-0.2, 0) is 4.79 Å². The molecule has 0 bridgehead atoms. The normalized spacial score (nSPS) is 11.0. The number of carboxylic acids is 1. The van der Waals surface area contributed by atoms with Crippen LogP contribution in [0.5, 0.6) is 0 Å². The number of fused-ring (bicyclic) bond motifs is 1. The first-order valence-electron chi connectivity index (χ1n) is 6.84. The van der Waals surface area contributed by atoms with E-state index in [9.17, 15) is 4.79 Å². The van der Waals surface area contributed by atoms with E-state index in [1.807, 2.05) is 31.2 Å². The van der Waals surface area contributed by atoms with Crippen molar-refractivity contribution >= 4 is 22.7 Å². The summed E-state index contributed by atoms with van der Waals surface area (Å²) in [6.45, 7) is 6.60. The molecule has 0 spiro atoms. The summed E-state index contributed by atoms with van der Waals surface area (Å²) in [5.41, 5.74) is 2.01. The van der Waals surface area contributed by atoms with Crippen molar-refractivity contribution in [1.82, 2.24) is 4.98 Å². The number of aliphatic carboxylic acids is 1. The lowest BCUT2D eigenvalue weighted by atomic mass is 10.1. The summed E-state index contributed by atoms with van der Waals surface area (Å²) < 4.78 is 0. The first-order valence-corrected chi connectivity index (χ1v) is 6.84. The number of aromatic nitrogens is 1. The highest BCUT2D eigenvalue weighted by atomic mass is 16.4. The minimum Gasteiger partial charge on any atom is -0.481 e. The number of pyridine rings is 1. The lowest BCUT2D eigenvalue weighted by Gasteiger charge is -2.29. The molecule has 0 saturated heterocycles. The van der Waals surface area contributed by atoms with E-state index in [-0.39, 0.29) is 12.5 Å². The van der Waals surface area contributed by atoms with E-state index in [4.69, 9.17) is 10.1 Å². The van der Waals surface area contributed by atoms with Crippen LogP contribution >= 0.6 is 0 Å². The van der Waals surface area contributed by atoms with E-state index in [1.54, 1.807) is 0 Å².